The molecule has 0 radical (unpaired) electrons. The van der Waals surface area contributed by atoms with Crippen LogP contribution in [0.25, 0.3) is 0 Å². The van der Waals surface area contributed by atoms with Crippen LogP contribution in [0.5, 0.6) is 0 Å². The number of nitrogens with zero attached hydrogens (tertiary/aromatic N) is 2. The summed E-state index contributed by atoms with van der Waals surface area (Å²) in [5, 5.41) is 3.46. The first-order chi connectivity index (χ1) is 11.1. The predicted molar refractivity (Wildman–Crippen MR) is 93.1 cm³/mol. The van der Waals surface area contributed by atoms with Crippen molar-refractivity contribution in [2.24, 2.45) is 11.3 Å². The minimum Gasteiger partial charge on any atom is -0.341 e. The number of carbonyl (C=O) groups is 2. The fourth-order valence-electron chi connectivity index (χ4n) is 3.96. The van der Waals surface area contributed by atoms with E-state index in [0.717, 1.165) is 51.2 Å². The van der Waals surface area contributed by atoms with Crippen LogP contribution in [0.1, 0.15) is 39.5 Å². The van der Waals surface area contributed by atoms with Gasteiger partial charge >= 0.3 is 0 Å². The molecule has 0 aromatic carbocycles. The highest BCUT2D eigenvalue weighted by molar-refractivity contribution is 7.99. The molecule has 3 saturated heterocycles. The number of hydrogen-bond donors (Lipinski definition) is 1. The quantitative estimate of drug-likeness (QED) is 0.847. The predicted octanol–water partition coefficient (Wildman–Crippen LogP) is 1.54. The van der Waals surface area contributed by atoms with E-state index in [9.17, 15) is 9.59 Å². The van der Waals surface area contributed by atoms with Crippen molar-refractivity contribution in [2.75, 3.05) is 37.8 Å². The minimum atomic E-state index is -0.239. The highest BCUT2D eigenvalue weighted by Gasteiger charge is 2.42. The van der Waals surface area contributed by atoms with Gasteiger partial charge in [0, 0.05) is 31.3 Å². The number of amides is 2. The smallest absolute Gasteiger partial charge is 0.246 e. The van der Waals surface area contributed by atoms with Crippen LogP contribution in [-0.2, 0) is 9.59 Å². The number of likely N-dealkylation sites (tertiary alicyclic amines) is 1. The van der Waals surface area contributed by atoms with Gasteiger partial charge in [0.1, 0.15) is 6.04 Å². The van der Waals surface area contributed by atoms with Crippen LogP contribution in [0, 0.1) is 11.3 Å². The monoisotopic (exact) mass is 339 g/mol. The van der Waals surface area contributed by atoms with E-state index in [1.807, 2.05) is 23.6 Å². The molecule has 3 rings (SSSR count). The second-order valence-corrected chi connectivity index (χ2v) is 8.38. The van der Waals surface area contributed by atoms with Crippen LogP contribution < -0.4 is 5.32 Å². The molecule has 0 saturated carbocycles. The number of nitrogens with one attached hydrogen (secondary N) is 1. The summed E-state index contributed by atoms with van der Waals surface area (Å²) in [5.41, 5.74) is 0.424. The largest absolute Gasteiger partial charge is 0.341 e. The zero-order chi connectivity index (χ0) is 16.4. The number of piperidine rings is 1. The molecule has 0 aromatic rings. The third-order valence-corrected chi connectivity index (χ3v) is 6.96. The number of carbonyl (C=O) groups excluding carboxylic acids is 2. The van der Waals surface area contributed by atoms with Gasteiger partial charge in [-0.15, -0.1) is 11.8 Å². The SMILES string of the molecule is CCC(C)C(=O)N1CSCC1C(=O)N1CCC2(CCNC2)CC1. The van der Waals surface area contributed by atoms with E-state index in [1.165, 1.54) is 6.42 Å². The maximum Gasteiger partial charge on any atom is 0.246 e. The molecule has 3 aliphatic rings. The first kappa shape index (κ1) is 17.1. The second-order valence-electron chi connectivity index (χ2n) is 7.39. The molecule has 1 spiro atoms. The van der Waals surface area contributed by atoms with Gasteiger partial charge in [-0.1, -0.05) is 13.8 Å². The van der Waals surface area contributed by atoms with Gasteiger partial charge in [-0.3, -0.25) is 9.59 Å². The van der Waals surface area contributed by atoms with Crippen molar-refractivity contribution < 1.29 is 9.59 Å². The zero-order valence-corrected chi connectivity index (χ0v) is 15.2. The van der Waals surface area contributed by atoms with Crippen LogP contribution in [0.3, 0.4) is 0 Å². The Morgan fingerprint density at radius 2 is 2.04 bits per heavy atom. The Morgan fingerprint density at radius 1 is 1.30 bits per heavy atom. The standard InChI is InChI=1S/C17H29N3O2S/c1-3-13(2)15(21)20-12-23-10-14(20)16(22)19-8-5-17(6-9-19)4-7-18-11-17/h13-14,18H,3-12H2,1-2H3. The lowest BCUT2D eigenvalue weighted by Gasteiger charge is -2.40. The van der Waals surface area contributed by atoms with Gasteiger partial charge in [0.05, 0.1) is 5.88 Å². The molecule has 130 valence electrons. The molecule has 0 aliphatic carbocycles. The Kier molecular flexibility index (Phi) is 5.21. The van der Waals surface area contributed by atoms with Crippen LogP contribution in [-0.4, -0.2) is 65.5 Å². The van der Waals surface area contributed by atoms with E-state index in [2.05, 4.69) is 5.32 Å². The molecule has 0 bridgehead atoms. The lowest BCUT2D eigenvalue weighted by molar-refractivity contribution is -0.146. The van der Waals surface area contributed by atoms with Crippen molar-refractivity contribution in [3.05, 3.63) is 0 Å². The molecule has 3 aliphatic heterocycles. The van der Waals surface area contributed by atoms with Gasteiger partial charge in [-0.25, -0.2) is 0 Å². The third-order valence-electron chi connectivity index (χ3n) is 5.95. The third kappa shape index (κ3) is 3.38. The summed E-state index contributed by atoms with van der Waals surface area (Å²) in [7, 11) is 0. The molecule has 0 aromatic heterocycles. The van der Waals surface area contributed by atoms with Gasteiger partial charge in [0.25, 0.3) is 0 Å². The van der Waals surface area contributed by atoms with E-state index in [4.69, 9.17) is 0 Å². The van der Waals surface area contributed by atoms with Gasteiger partial charge in [-0.2, -0.15) is 0 Å². The van der Waals surface area contributed by atoms with Gasteiger partial charge in [-0.05, 0) is 37.6 Å². The summed E-state index contributed by atoms with van der Waals surface area (Å²) in [6, 6.07) is -0.239. The van der Waals surface area contributed by atoms with Crippen LogP contribution in [0.2, 0.25) is 0 Å². The number of thioether (sulfide) groups is 1. The highest BCUT2D eigenvalue weighted by atomic mass is 32.2. The summed E-state index contributed by atoms with van der Waals surface area (Å²) in [4.78, 5) is 29.3. The Labute approximate surface area is 143 Å². The van der Waals surface area contributed by atoms with Crippen molar-refractivity contribution >= 4 is 23.6 Å². The van der Waals surface area contributed by atoms with Crippen molar-refractivity contribution in [1.29, 1.82) is 0 Å². The van der Waals surface area contributed by atoms with Crippen molar-refractivity contribution in [3.63, 3.8) is 0 Å². The number of hydrogen-bond acceptors (Lipinski definition) is 4. The number of rotatable bonds is 3. The van der Waals surface area contributed by atoms with Gasteiger partial charge in [0.15, 0.2) is 0 Å². The van der Waals surface area contributed by atoms with Crippen molar-refractivity contribution in [3.8, 4) is 0 Å². The Morgan fingerprint density at radius 3 is 2.65 bits per heavy atom. The Balaban J connectivity index is 1.60. The molecule has 3 heterocycles. The van der Waals surface area contributed by atoms with E-state index in [1.54, 1.807) is 11.8 Å². The minimum absolute atomic E-state index is 0.0122. The van der Waals surface area contributed by atoms with Crippen molar-refractivity contribution in [2.45, 2.75) is 45.6 Å². The molecule has 6 heteroatoms. The topological polar surface area (TPSA) is 52.7 Å². The van der Waals surface area contributed by atoms with Crippen LogP contribution in [0.4, 0.5) is 0 Å². The van der Waals surface area contributed by atoms with Crippen molar-refractivity contribution in [1.82, 2.24) is 15.1 Å². The van der Waals surface area contributed by atoms with E-state index < -0.39 is 0 Å². The molecule has 23 heavy (non-hydrogen) atoms. The Bertz CT molecular complexity index is 455. The maximum absolute atomic E-state index is 12.9. The molecular weight excluding hydrogens is 310 g/mol. The second kappa shape index (κ2) is 7.01. The molecule has 2 amide bonds. The lowest BCUT2D eigenvalue weighted by Crippen LogP contribution is -2.53. The first-order valence-corrected chi connectivity index (χ1v) is 10.1. The van der Waals surface area contributed by atoms with E-state index in [0.29, 0.717) is 11.3 Å². The molecular formula is C17H29N3O2S. The fraction of sp³-hybridized carbons (Fsp3) is 0.882. The normalized spacial score (nSPS) is 28.3. The maximum atomic E-state index is 12.9. The van der Waals surface area contributed by atoms with Gasteiger partial charge < -0.3 is 15.1 Å². The molecule has 1 N–H and O–H groups in total. The zero-order valence-electron chi connectivity index (χ0n) is 14.3. The van der Waals surface area contributed by atoms with Crippen LogP contribution in [0.15, 0.2) is 0 Å². The summed E-state index contributed by atoms with van der Waals surface area (Å²) in [6.45, 7) is 7.92. The molecule has 2 unspecified atom stereocenters. The summed E-state index contributed by atoms with van der Waals surface area (Å²) >= 11 is 1.71. The van der Waals surface area contributed by atoms with E-state index in [-0.39, 0.29) is 23.8 Å². The molecule has 2 atom stereocenters. The average molecular weight is 340 g/mol. The highest BCUT2D eigenvalue weighted by Crippen LogP contribution is 2.37. The summed E-state index contributed by atoms with van der Waals surface area (Å²) in [6.07, 6.45) is 4.28. The van der Waals surface area contributed by atoms with Gasteiger partial charge in [0.2, 0.25) is 11.8 Å². The first-order valence-electron chi connectivity index (χ1n) is 8.94. The Hall–Kier alpha value is -0.750. The van der Waals surface area contributed by atoms with E-state index >= 15 is 0 Å². The lowest BCUT2D eigenvalue weighted by atomic mass is 9.78. The summed E-state index contributed by atoms with van der Waals surface area (Å²) in [5.74, 6) is 1.75. The van der Waals surface area contributed by atoms with Crippen LogP contribution >= 0.6 is 11.8 Å². The fourth-order valence-corrected chi connectivity index (χ4v) is 5.11. The summed E-state index contributed by atoms with van der Waals surface area (Å²) < 4.78 is 0. The molecule has 3 fully saturated rings. The molecule has 5 nitrogen and oxygen atoms in total. The average Bonchev–Trinajstić information content (AvgIpc) is 3.23.